The zero-order chi connectivity index (χ0) is 21.3. The van der Waals surface area contributed by atoms with Gasteiger partial charge in [0.15, 0.2) is 0 Å². The lowest BCUT2D eigenvalue weighted by atomic mass is 10.1. The van der Waals surface area contributed by atoms with Gasteiger partial charge in [-0.1, -0.05) is 12.2 Å². The van der Waals surface area contributed by atoms with Crippen molar-refractivity contribution in [2.24, 2.45) is 4.99 Å². The van der Waals surface area contributed by atoms with Gasteiger partial charge < -0.3 is 14.2 Å². The third-order valence-electron chi connectivity index (χ3n) is 5.71. The van der Waals surface area contributed by atoms with E-state index in [0.29, 0.717) is 33.5 Å². The molecule has 1 aliphatic carbocycles. The molecule has 1 aliphatic heterocycles. The molecule has 0 radical (unpaired) electrons. The van der Waals surface area contributed by atoms with E-state index in [0.717, 1.165) is 31.2 Å². The second-order valence-corrected chi connectivity index (χ2v) is 7.81. The van der Waals surface area contributed by atoms with Gasteiger partial charge in [0.25, 0.3) is 5.91 Å². The van der Waals surface area contributed by atoms with Crippen molar-refractivity contribution in [3.8, 4) is 17.2 Å². The normalized spacial score (nSPS) is 17.2. The monoisotopic (exact) mass is 424 g/mol. The van der Waals surface area contributed by atoms with E-state index in [2.05, 4.69) is 0 Å². The van der Waals surface area contributed by atoms with Crippen LogP contribution in [-0.2, 0) is 0 Å². The van der Waals surface area contributed by atoms with Crippen molar-refractivity contribution in [2.75, 3.05) is 21.3 Å². The van der Waals surface area contributed by atoms with Gasteiger partial charge in [0.2, 0.25) is 0 Å². The summed E-state index contributed by atoms with van der Waals surface area (Å²) in [6.07, 6.45) is 3.60. The van der Waals surface area contributed by atoms with E-state index in [9.17, 15) is 4.79 Å². The summed E-state index contributed by atoms with van der Waals surface area (Å²) in [5.74, 6) is 1.86. The molecule has 0 atom stereocenters. The summed E-state index contributed by atoms with van der Waals surface area (Å²) < 4.78 is 16.0. The van der Waals surface area contributed by atoms with Gasteiger partial charge in [0, 0.05) is 17.2 Å². The highest BCUT2D eigenvalue weighted by Gasteiger charge is 2.50. The first-order chi connectivity index (χ1) is 14.5. The molecule has 2 aliphatic rings. The average Bonchev–Trinajstić information content (AvgIpc) is 3.37. The molecule has 2 aromatic rings. The van der Waals surface area contributed by atoms with Gasteiger partial charge in [-0.25, -0.2) is 0 Å². The summed E-state index contributed by atoms with van der Waals surface area (Å²) in [7, 11) is 4.80. The van der Waals surface area contributed by atoms with Gasteiger partial charge in [0.1, 0.15) is 33.6 Å². The molecule has 0 aromatic heterocycles. The van der Waals surface area contributed by atoms with Crippen LogP contribution in [0.1, 0.15) is 41.6 Å². The lowest BCUT2D eigenvalue weighted by molar-refractivity contribution is 0.0724. The molecule has 30 heavy (non-hydrogen) atoms. The van der Waals surface area contributed by atoms with E-state index >= 15 is 0 Å². The van der Waals surface area contributed by atoms with Crippen LogP contribution in [0, 0.1) is 0 Å². The zero-order valence-electron chi connectivity index (χ0n) is 17.3. The van der Waals surface area contributed by atoms with Gasteiger partial charge in [0.05, 0.1) is 21.3 Å². The number of thiocarbonyl (C=S) groups is 1. The third kappa shape index (κ3) is 3.43. The number of hydrogen-bond donors (Lipinski definition) is 0. The molecular formula is C23H24N2O4S. The Morgan fingerprint density at radius 3 is 2.03 bits per heavy atom. The summed E-state index contributed by atoms with van der Waals surface area (Å²) in [5.41, 5.74) is 1.35. The SMILES string of the molecule is COc1ccc(C(=O)N2C(=S)C(c3cc(OC)cc(OC)c3)=NC23CCCC3)cc1. The van der Waals surface area contributed by atoms with E-state index in [-0.39, 0.29) is 5.91 Å². The van der Waals surface area contributed by atoms with E-state index in [1.807, 2.05) is 12.1 Å². The second-order valence-electron chi connectivity index (χ2n) is 7.43. The number of carbonyl (C=O) groups is 1. The van der Waals surface area contributed by atoms with E-state index in [1.54, 1.807) is 56.6 Å². The van der Waals surface area contributed by atoms with Gasteiger partial charge in [-0.2, -0.15) is 0 Å². The molecule has 1 amide bonds. The Hall–Kier alpha value is -2.93. The number of ether oxygens (including phenoxy) is 3. The minimum atomic E-state index is -0.625. The van der Waals surface area contributed by atoms with Gasteiger partial charge in [-0.3, -0.25) is 14.7 Å². The quantitative estimate of drug-likeness (QED) is 0.672. The van der Waals surface area contributed by atoms with Crippen LogP contribution in [0.2, 0.25) is 0 Å². The molecule has 0 unspecified atom stereocenters. The first-order valence-corrected chi connectivity index (χ1v) is 10.3. The third-order valence-corrected chi connectivity index (χ3v) is 6.09. The van der Waals surface area contributed by atoms with Crippen molar-refractivity contribution >= 4 is 28.8 Å². The Morgan fingerprint density at radius 1 is 0.933 bits per heavy atom. The summed E-state index contributed by atoms with van der Waals surface area (Å²) in [6.45, 7) is 0. The summed E-state index contributed by atoms with van der Waals surface area (Å²) >= 11 is 5.81. The fourth-order valence-corrected chi connectivity index (χ4v) is 4.57. The first kappa shape index (κ1) is 20.3. The molecule has 0 bridgehead atoms. The van der Waals surface area contributed by atoms with Gasteiger partial charge in [-0.05, 0) is 62.1 Å². The van der Waals surface area contributed by atoms with Crippen molar-refractivity contribution in [3.63, 3.8) is 0 Å². The molecule has 4 rings (SSSR count). The van der Waals surface area contributed by atoms with E-state index < -0.39 is 5.66 Å². The predicted molar refractivity (Wildman–Crippen MR) is 119 cm³/mol. The second kappa shape index (κ2) is 8.07. The number of aliphatic imine (C=N–C) groups is 1. The van der Waals surface area contributed by atoms with Gasteiger partial charge >= 0.3 is 0 Å². The maximum atomic E-state index is 13.5. The lowest BCUT2D eigenvalue weighted by Crippen LogP contribution is -2.48. The van der Waals surface area contributed by atoms with Crippen molar-refractivity contribution in [1.82, 2.24) is 4.90 Å². The summed E-state index contributed by atoms with van der Waals surface area (Å²) in [5, 5.41) is 0. The molecule has 0 saturated heterocycles. The number of benzene rings is 2. The van der Waals surface area contributed by atoms with Crippen molar-refractivity contribution in [3.05, 3.63) is 53.6 Å². The van der Waals surface area contributed by atoms with Crippen LogP contribution in [-0.4, -0.2) is 48.5 Å². The Morgan fingerprint density at radius 2 is 1.50 bits per heavy atom. The van der Waals surface area contributed by atoms with Gasteiger partial charge in [-0.15, -0.1) is 0 Å². The molecule has 0 N–H and O–H groups in total. The smallest absolute Gasteiger partial charge is 0.260 e. The van der Waals surface area contributed by atoms with Crippen LogP contribution < -0.4 is 14.2 Å². The van der Waals surface area contributed by atoms with Crippen LogP contribution in [0.25, 0.3) is 0 Å². The zero-order valence-corrected chi connectivity index (χ0v) is 18.1. The highest BCUT2D eigenvalue weighted by Crippen LogP contribution is 2.43. The van der Waals surface area contributed by atoms with E-state index in [1.165, 1.54) is 0 Å². The molecule has 1 heterocycles. The lowest BCUT2D eigenvalue weighted by Gasteiger charge is -2.32. The Kier molecular flexibility index (Phi) is 5.47. The van der Waals surface area contributed by atoms with Crippen LogP contribution in [0.3, 0.4) is 0 Å². The number of nitrogens with zero attached hydrogens (tertiary/aromatic N) is 2. The molecule has 1 saturated carbocycles. The fraction of sp³-hybridized carbons (Fsp3) is 0.348. The van der Waals surface area contributed by atoms with Crippen molar-refractivity contribution < 1.29 is 19.0 Å². The summed E-state index contributed by atoms with van der Waals surface area (Å²) in [6, 6.07) is 12.6. The Bertz CT molecular complexity index is 988. The Labute approximate surface area is 181 Å². The maximum absolute atomic E-state index is 13.5. The minimum Gasteiger partial charge on any atom is -0.497 e. The number of methoxy groups -OCH3 is 3. The molecular weight excluding hydrogens is 400 g/mol. The van der Waals surface area contributed by atoms with Crippen LogP contribution in [0.5, 0.6) is 17.2 Å². The maximum Gasteiger partial charge on any atom is 0.260 e. The number of carbonyl (C=O) groups excluding carboxylic acids is 1. The molecule has 7 heteroatoms. The van der Waals surface area contributed by atoms with Crippen LogP contribution in [0.4, 0.5) is 0 Å². The molecule has 1 fully saturated rings. The fourth-order valence-electron chi connectivity index (χ4n) is 4.15. The highest BCUT2D eigenvalue weighted by atomic mass is 32.1. The Balaban J connectivity index is 1.75. The summed E-state index contributed by atoms with van der Waals surface area (Å²) in [4.78, 5) is 20.7. The number of hydrogen-bond acceptors (Lipinski definition) is 6. The van der Waals surface area contributed by atoms with Crippen molar-refractivity contribution in [1.29, 1.82) is 0 Å². The largest absolute Gasteiger partial charge is 0.497 e. The minimum absolute atomic E-state index is 0.141. The first-order valence-electron chi connectivity index (χ1n) is 9.87. The standard InChI is InChI=1S/C23H24N2O4S/c1-27-17-8-6-15(7-9-17)21(26)25-22(30)20(24-23(25)10-4-5-11-23)16-12-18(28-2)14-19(13-16)29-3/h6-9,12-14H,4-5,10-11H2,1-3H3. The predicted octanol–water partition coefficient (Wildman–Crippen LogP) is 4.26. The average molecular weight is 425 g/mol. The number of rotatable bonds is 5. The topological polar surface area (TPSA) is 60.4 Å². The highest BCUT2D eigenvalue weighted by molar-refractivity contribution is 7.82. The van der Waals surface area contributed by atoms with Crippen LogP contribution in [0.15, 0.2) is 47.5 Å². The molecule has 6 nitrogen and oxygen atoms in total. The molecule has 156 valence electrons. The number of amides is 1. The van der Waals surface area contributed by atoms with Crippen LogP contribution >= 0.6 is 12.2 Å². The molecule has 1 spiro atoms. The molecule has 2 aromatic carbocycles. The van der Waals surface area contributed by atoms with E-state index in [4.69, 9.17) is 31.4 Å². The van der Waals surface area contributed by atoms with Crippen molar-refractivity contribution in [2.45, 2.75) is 31.3 Å².